The molecule has 0 rings (SSSR count). The number of halogens is 3. The van der Waals surface area contributed by atoms with Crippen LogP contribution >= 0.6 is 0 Å². The number of carbonyl (C=O) groups excluding carboxylic acids is 1. The van der Waals surface area contributed by atoms with Gasteiger partial charge in [-0.2, -0.15) is 13.2 Å². The maximum atomic E-state index is 12.4. The van der Waals surface area contributed by atoms with E-state index in [0.29, 0.717) is 13.5 Å². The first-order valence-corrected chi connectivity index (χ1v) is 4.47. The van der Waals surface area contributed by atoms with E-state index in [-0.39, 0.29) is 6.54 Å². The minimum Gasteiger partial charge on any atom is -0.479 e. The zero-order valence-corrected chi connectivity index (χ0v) is 8.81. The van der Waals surface area contributed by atoms with Crippen molar-refractivity contribution in [1.29, 1.82) is 0 Å². The number of likely N-dealkylation sites (N-methyl/N-ethyl adjacent to an activating group) is 1. The van der Waals surface area contributed by atoms with Crippen molar-refractivity contribution in [2.75, 3.05) is 13.1 Å². The summed E-state index contributed by atoms with van der Waals surface area (Å²) in [6.07, 6.45) is -5.05. The molecule has 1 unspecified atom stereocenters. The Balaban J connectivity index is 4.71. The topological polar surface area (TPSA) is 78.4 Å². The van der Waals surface area contributed by atoms with Gasteiger partial charge < -0.3 is 15.7 Å². The van der Waals surface area contributed by atoms with Crippen LogP contribution in [0.15, 0.2) is 0 Å². The highest BCUT2D eigenvalue weighted by atomic mass is 19.4. The molecule has 0 aromatic heterocycles. The molecule has 0 aromatic rings. The lowest BCUT2D eigenvalue weighted by atomic mass is 10.0. The van der Waals surface area contributed by atoms with Crippen LogP contribution in [-0.4, -0.2) is 41.8 Å². The summed E-state index contributed by atoms with van der Waals surface area (Å²) >= 11 is 0. The lowest BCUT2D eigenvalue weighted by Gasteiger charge is -2.28. The lowest BCUT2D eigenvalue weighted by molar-refractivity contribution is -0.206. The van der Waals surface area contributed by atoms with Crippen LogP contribution in [0.25, 0.3) is 0 Å². The van der Waals surface area contributed by atoms with Gasteiger partial charge in [0.05, 0.1) is 6.54 Å². The van der Waals surface area contributed by atoms with Gasteiger partial charge in [0.15, 0.2) is 0 Å². The third-order valence-corrected chi connectivity index (χ3v) is 1.92. The molecule has 16 heavy (non-hydrogen) atoms. The normalized spacial score (nSPS) is 15.3. The number of amides is 1. The van der Waals surface area contributed by atoms with Gasteiger partial charge in [0.2, 0.25) is 11.4 Å². The Hall–Kier alpha value is -1.31. The molecule has 94 valence electrons. The summed E-state index contributed by atoms with van der Waals surface area (Å²) in [4.78, 5) is 21.6. The van der Waals surface area contributed by atoms with Crippen molar-refractivity contribution in [3.8, 4) is 0 Å². The average Bonchev–Trinajstić information content (AvgIpc) is 2.12. The monoisotopic (exact) mass is 242 g/mol. The predicted molar refractivity (Wildman–Crippen MR) is 48.8 cm³/mol. The highest BCUT2D eigenvalue weighted by Crippen LogP contribution is 2.30. The molecule has 0 aliphatic heterocycles. The number of alkyl halides is 3. The number of carboxylic acid groups (broad SMARTS) is 1. The van der Waals surface area contributed by atoms with E-state index in [2.05, 4.69) is 5.32 Å². The number of carboxylic acids is 1. The Morgan fingerprint density at radius 1 is 1.31 bits per heavy atom. The van der Waals surface area contributed by atoms with Gasteiger partial charge in [-0.25, -0.2) is 4.79 Å². The second-order valence-corrected chi connectivity index (χ2v) is 3.26. The SMILES string of the molecule is CCNCC(=O)NC(C)(C(=O)O)C(F)(F)F. The van der Waals surface area contributed by atoms with Crippen LogP contribution in [0.4, 0.5) is 13.2 Å². The summed E-state index contributed by atoms with van der Waals surface area (Å²) in [5, 5.41) is 12.4. The Morgan fingerprint density at radius 3 is 2.12 bits per heavy atom. The van der Waals surface area contributed by atoms with Crippen LogP contribution in [0.3, 0.4) is 0 Å². The van der Waals surface area contributed by atoms with Crippen LogP contribution in [-0.2, 0) is 9.59 Å². The fraction of sp³-hybridized carbons (Fsp3) is 0.750. The molecule has 0 saturated heterocycles. The molecule has 0 aliphatic carbocycles. The Morgan fingerprint density at radius 2 is 1.81 bits per heavy atom. The van der Waals surface area contributed by atoms with Crippen molar-refractivity contribution in [3.05, 3.63) is 0 Å². The average molecular weight is 242 g/mol. The van der Waals surface area contributed by atoms with Crippen LogP contribution in [0.1, 0.15) is 13.8 Å². The van der Waals surface area contributed by atoms with Crippen LogP contribution in [0.2, 0.25) is 0 Å². The molecule has 0 heterocycles. The van der Waals surface area contributed by atoms with Gasteiger partial charge in [0, 0.05) is 0 Å². The van der Waals surface area contributed by atoms with Crippen LogP contribution in [0.5, 0.6) is 0 Å². The first kappa shape index (κ1) is 14.7. The molecule has 0 aliphatic rings. The maximum Gasteiger partial charge on any atom is 0.422 e. The quantitative estimate of drug-likeness (QED) is 0.639. The summed E-state index contributed by atoms with van der Waals surface area (Å²) < 4.78 is 37.3. The zero-order valence-electron chi connectivity index (χ0n) is 8.81. The van der Waals surface area contributed by atoms with Gasteiger partial charge >= 0.3 is 12.1 Å². The fourth-order valence-electron chi connectivity index (χ4n) is 0.807. The van der Waals surface area contributed by atoms with Gasteiger partial charge in [-0.05, 0) is 13.5 Å². The Kier molecular flexibility index (Phi) is 4.73. The standard InChI is InChI=1S/C8H13F3N2O3/c1-3-12-4-5(14)13-7(2,6(15)16)8(9,10)11/h12H,3-4H2,1-2H3,(H,13,14)(H,15,16). The van der Waals surface area contributed by atoms with Crippen molar-refractivity contribution < 1.29 is 27.9 Å². The lowest BCUT2D eigenvalue weighted by Crippen LogP contribution is -2.63. The summed E-state index contributed by atoms with van der Waals surface area (Å²) in [6.45, 7) is 2.09. The largest absolute Gasteiger partial charge is 0.479 e. The summed E-state index contributed by atoms with van der Waals surface area (Å²) in [6, 6.07) is 0. The Bertz CT molecular complexity index is 280. The molecular weight excluding hydrogens is 229 g/mol. The highest BCUT2D eigenvalue weighted by molar-refractivity contribution is 5.88. The van der Waals surface area contributed by atoms with Gasteiger partial charge in [0.25, 0.3) is 0 Å². The first-order chi connectivity index (χ1) is 7.15. The minimum absolute atomic E-state index is 0.366. The van der Waals surface area contributed by atoms with Gasteiger partial charge in [-0.3, -0.25) is 4.79 Å². The second-order valence-electron chi connectivity index (χ2n) is 3.26. The molecule has 0 radical (unpaired) electrons. The molecule has 0 spiro atoms. The zero-order chi connectivity index (χ0) is 13.0. The number of hydrogen-bond acceptors (Lipinski definition) is 3. The number of rotatable bonds is 5. The molecular formula is C8H13F3N2O3. The maximum absolute atomic E-state index is 12.4. The number of nitrogens with one attached hydrogen (secondary N) is 2. The molecule has 8 heteroatoms. The third kappa shape index (κ3) is 3.37. The molecule has 0 fully saturated rings. The highest BCUT2D eigenvalue weighted by Gasteiger charge is 2.58. The predicted octanol–water partition coefficient (Wildman–Crippen LogP) is 0.118. The van der Waals surface area contributed by atoms with Crippen molar-refractivity contribution in [2.24, 2.45) is 0 Å². The fourth-order valence-corrected chi connectivity index (χ4v) is 0.807. The summed E-state index contributed by atoms with van der Waals surface area (Å²) in [5.74, 6) is -3.17. The molecule has 0 bridgehead atoms. The third-order valence-electron chi connectivity index (χ3n) is 1.92. The van der Waals surface area contributed by atoms with Crippen molar-refractivity contribution in [3.63, 3.8) is 0 Å². The van der Waals surface area contributed by atoms with Crippen molar-refractivity contribution in [1.82, 2.24) is 10.6 Å². The molecule has 0 saturated carbocycles. The summed E-state index contributed by atoms with van der Waals surface area (Å²) in [7, 11) is 0. The number of aliphatic carboxylic acids is 1. The van der Waals surface area contributed by atoms with Gasteiger partial charge in [0.1, 0.15) is 0 Å². The van der Waals surface area contributed by atoms with E-state index in [9.17, 15) is 22.8 Å². The molecule has 1 atom stereocenters. The van der Waals surface area contributed by atoms with E-state index >= 15 is 0 Å². The van der Waals surface area contributed by atoms with Crippen LogP contribution in [0, 0.1) is 0 Å². The Labute approximate surface area is 90.0 Å². The van der Waals surface area contributed by atoms with Gasteiger partial charge in [-0.1, -0.05) is 6.92 Å². The van der Waals surface area contributed by atoms with E-state index in [1.54, 1.807) is 6.92 Å². The van der Waals surface area contributed by atoms with E-state index < -0.39 is 23.6 Å². The number of hydrogen-bond donors (Lipinski definition) is 3. The molecule has 1 amide bonds. The summed E-state index contributed by atoms with van der Waals surface area (Å²) in [5.41, 5.74) is -3.26. The first-order valence-electron chi connectivity index (χ1n) is 4.47. The van der Waals surface area contributed by atoms with E-state index in [1.165, 1.54) is 5.32 Å². The van der Waals surface area contributed by atoms with Crippen molar-refractivity contribution >= 4 is 11.9 Å². The molecule has 0 aromatic carbocycles. The molecule has 5 nitrogen and oxygen atoms in total. The smallest absolute Gasteiger partial charge is 0.422 e. The van der Waals surface area contributed by atoms with E-state index in [0.717, 1.165) is 0 Å². The van der Waals surface area contributed by atoms with E-state index in [4.69, 9.17) is 5.11 Å². The van der Waals surface area contributed by atoms with Crippen LogP contribution < -0.4 is 10.6 Å². The minimum atomic E-state index is -5.05. The van der Waals surface area contributed by atoms with Crippen molar-refractivity contribution in [2.45, 2.75) is 25.6 Å². The van der Waals surface area contributed by atoms with E-state index in [1.807, 2.05) is 0 Å². The molecule has 3 N–H and O–H groups in total. The second kappa shape index (κ2) is 5.15. The number of carbonyl (C=O) groups is 2. The van der Waals surface area contributed by atoms with Gasteiger partial charge in [-0.15, -0.1) is 0 Å².